The summed E-state index contributed by atoms with van der Waals surface area (Å²) in [6, 6.07) is 9.87. The zero-order valence-electron chi connectivity index (χ0n) is 20.8. The van der Waals surface area contributed by atoms with E-state index < -0.39 is 5.92 Å². The van der Waals surface area contributed by atoms with E-state index in [2.05, 4.69) is 38.9 Å². The van der Waals surface area contributed by atoms with Crippen LogP contribution in [-0.4, -0.2) is 39.5 Å². The van der Waals surface area contributed by atoms with Gasteiger partial charge in [-0.2, -0.15) is 5.10 Å². The van der Waals surface area contributed by atoms with Crippen LogP contribution in [0.1, 0.15) is 51.1 Å². The van der Waals surface area contributed by atoms with E-state index in [4.69, 9.17) is 4.42 Å². The van der Waals surface area contributed by atoms with Crippen molar-refractivity contribution in [2.45, 2.75) is 53.9 Å². The Labute approximate surface area is 196 Å². The molecule has 0 bridgehead atoms. The number of carbonyl (C=O) groups is 2. The maximum absolute atomic E-state index is 13.7. The molecule has 6 heteroatoms. The molecule has 2 aromatic heterocycles. The van der Waals surface area contributed by atoms with Crippen LogP contribution in [0.4, 0.5) is 0 Å². The van der Waals surface area contributed by atoms with Gasteiger partial charge >= 0.3 is 0 Å². The number of hydrogen-bond donors (Lipinski definition) is 0. The number of amides is 1. The molecule has 0 aliphatic rings. The molecule has 0 saturated heterocycles. The molecule has 178 valence electrons. The van der Waals surface area contributed by atoms with Gasteiger partial charge in [-0.3, -0.25) is 14.3 Å². The average Bonchev–Trinajstić information content (AvgIpc) is 3.33. The van der Waals surface area contributed by atoms with Gasteiger partial charge in [-0.05, 0) is 55.0 Å². The zero-order valence-corrected chi connectivity index (χ0v) is 20.8. The number of Topliss-reactive ketones (excluding diaryl/α,β-unsaturated/α-hetero) is 1. The predicted octanol–water partition coefficient (Wildman–Crippen LogP) is 4.98. The Morgan fingerprint density at radius 2 is 1.76 bits per heavy atom. The Balaban J connectivity index is 1.81. The van der Waals surface area contributed by atoms with Crippen molar-refractivity contribution in [3.05, 3.63) is 53.5 Å². The van der Waals surface area contributed by atoms with E-state index in [0.717, 1.165) is 27.9 Å². The van der Waals surface area contributed by atoms with Gasteiger partial charge in [0.2, 0.25) is 5.91 Å². The number of hydrogen-bond acceptors (Lipinski definition) is 4. The van der Waals surface area contributed by atoms with Gasteiger partial charge in [-0.1, -0.05) is 33.8 Å². The number of ketones is 1. The molecule has 2 heterocycles. The number of aromatic nitrogens is 2. The lowest BCUT2D eigenvalue weighted by atomic mass is 9.91. The molecule has 0 spiro atoms. The fourth-order valence-corrected chi connectivity index (χ4v) is 4.37. The summed E-state index contributed by atoms with van der Waals surface area (Å²) >= 11 is 0. The summed E-state index contributed by atoms with van der Waals surface area (Å²) in [7, 11) is 1.87. The first-order chi connectivity index (χ1) is 15.6. The highest BCUT2D eigenvalue weighted by Crippen LogP contribution is 2.21. The predicted molar refractivity (Wildman–Crippen MR) is 131 cm³/mol. The van der Waals surface area contributed by atoms with Crippen molar-refractivity contribution in [1.82, 2.24) is 14.7 Å². The van der Waals surface area contributed by atoms with Crippen LogP contribution in [0.3, 0.4) is 0 Å². The highest BCUT2D eigenvalue weighted by molar-refractivity contribution is 6.01. The smallest absolute Gasteiger partial charge is 0.233 e. The largest absolute Gasteiger partial charge is 0.464 e. The van der Waals surface area contributed by atoms with E-state index >= 15 is 0 Å². The molecular weight excluding hydrogens is 414 g/mol. The lowest BCUT2D eigenvalue weighted by Crippen LogP contribution is -2.44. The van der Waals surface area contributed by atoms with Gasteiger partial charge in [0.05, 0.1) is 12.0 Å². The van der Waals surface area contributed by atoms with Gasteiger partial charge in [0, 0.05) is 44.1 Å². The minimum atomic E-state index is -0.699. The van der Waals surface area contributed by atoms with E-state index in [1.807, 2.05) is 43.1 Å². The molecule has 0 radical (unpaired) electrons. The third-order valence-electron chi connectivity index (χ3n) is 5.86. The summed E-state index contributed by atoms with van der Waals surface area (Å²) in [4.78, 5) is 29.1. The van der Waals surface area contributed by atoms with Gasteiger partial charge in [0.15, 0.2) is 0 Å². The maximum atomic E-state index is 13.7. The van der Waals surface area contributed by atoms with Crippen molar-refractivity contribution in [3.8, 4) is 0 Å². The molecule has 6 nitrogen and oxygen atoms in total. The Morgan fingerprint density at radius 3 is 2.36 bits per heavy atom. The second-order valence-corrected chi connectivity index (χ2v) is 9.95. The third-order valence-corrected chi connectivity index (χ3v) is 5.86. The molecule has 0 N–H and O–H groups in total. The number of furan rings is 1. The first-order valence-corrected chi connectivity index (χ1v) is 11.9. The van der Waals surface area contributed by atoms with Gasteiger partial charge in [0.1, 0.15) is 17.3 Å². The number of fused-ring (bicyclic) bond motifs is 1. The number of nitrogens with zero attached hydrogens (tertiary/aromatic N) is 3. The molecule has 1 atom stereocenters. The van der Waals surface area contributed by atoms with E-state index in [0.29, 0.717) is 44.2 Å². The van der Waals surface area contributed by atoms with Crippen LogP contribution >= 0.6 is 0 Å². The Bertz CT molecular complexity index is 1080. The summed E-state index contributed by atoms with van der Waals surface area (Å²) in [6.45, 7) is 11.7. The Kier molecular flexibility index (Phi) is 8.11. The third kappa shape index (κ3) is 6.56. The zero-order chi connectivity index (χ0) is 24.1. The van der Waals surface area contributed by atoms with Gasteiger partial charge in [-0.15, -0.1) is 0 Å². The number of benzene rings is 1. The highest BCUT2D eigenvalue weighted by Gasteiger charge is 2.32. The van der Waals surface area contributed by atoms with Crippen molar-refractivity contribution in [2.75, 3.05) is 13.1 Å². The monoisotopic (exact) mass is 451 g/mol. The fraction of sp³-hybridized carbons (Fsp3) is 0.519. The standard InChI is InChI=1S/C27H37N3O3/c1-18(2)16-30(17-19(3)4)27(32)24(15-23-13-20(5)28-29(23)6)25(31)9-7-21-8-10-26-22(14-21)11-12-33-26/h8,10-14,18-19,24H,7,9,15-17H2,1-6H3. The van der Waals surface area contributed by atoms with E-state index in [9.17, 15) is 9.59 Å². The molecular formula is C27H37N3O3. The summed E-state index contributed by atoms with van der Waals surface area (Å²) in [6.07, 6.45) is 2.97. The summed E-state index contributed by atoms with van der Waals surface area (Å²) in [5.74, 6) is -0.0988. The Morgan fingerprint density at radius 1 is 1.06 bits per heavy atom. The highest BCUT2D eigenvalue weighted by atomic mass is 16.3. The summed E-state index contributed by atoms with van der Waals surface area (Å²) < 4.78 is 7.19. The SMILES string of the molecule is Cc1cc(CC(C(=O)CCc2ccc3occc3c2)C(=O)N(CC(C)C)CC(C)C)n(C)n1. The molecule has 3 aromatic rings. The minimum Gasteiger partial charge on any atom is -0.464 e. The number of rotatable bonds is 11. The van der Waals surface area contributed by atoms with Crippen molar-refractivity contribution in [3.63, 3.8) is 0 Å². The van der Waals surface area contributed by atoms with E-state index in [-0.39, 0.29) is 11.7 Å². The number of aryl methyl sites for hydroxylation is 3. The maximum Gasteiger partial charge on any atom is 0.233 e. The first-order valence-electron chi connectivity index (χ1n) is 11.9. The summed E-state index contributed by atoms with van der Waals surface area (Å²) in [5.41, 5.74) is 3.71. The molecule has 33 heavy (non-hydrogen) atoms. The van der Waals surface area contributed by atoms with Crippen LogP contribution in [0.25, 0.3) is 11.0 Å². The quantitative estimate of drug-likeness (QED) is 0.386. The Hall–Kier alpha value is -2.89. The molecule has 0 fully saturated rings. The topological polar surface area (TPSA) is 68.3 Å². The van der Waals surface area contributed by atoms with Crippen LogP contribution in [0, 0.1) is 24.7 Å². The normalized spacial score (nSPS) is 12.6. The second-order valence-electron chi connectivity index (χ2n) is 9.95. The van der Waals surface area contributed by atoms with Gasteiger partial charge < -0.3 is 9.32 Å². The molecule has 0 saturated carbocycles. The van der Waals surface area contributed by atoms with Crippen molar-refractivity contribution < 1.29 is 14.0 Å². The van der Waals surface area contributed by atoms with E-state index in [1.54, 1.807) is 10.9 Å². The average molecular weight is 452 g/mol. The molecule has 1 aromatic carbocycles. The number of carbonyl (C=O) groups excluding carboxylic acids is 2. The molecule has 1 amide bonds. The van der Waals surface area contributed by atoms with Crippen LogP contribution in [-0.2, 0) is 29.5 Å². The molecule has 0 aliphatic carbocycles. The van der Waals surface area contributed by atoms with Crippen molar-refractivity contribution in [1.29, 1.82) is 0 Å². The van der Waals surface area contributed by atoms with Gasteiger partial charge in [-0.25, -0.2) is 0 Å². The molecule has 3 rings (SSSR count). The van der Waals surface area contributed by atoms with Crippen LogP contribution in [0.2, 0.25) is 0 Å². The van der Waals surface area contributed by atoms with Crippen LogP contribution < -0.4 is 0 Å². The molecule has 1 unspecified atom stereocenters. The summed E-state index contributed by atoms with van der Waals surface area (Å²) in [5, 5.41) is 5.44. The van der Waals surface area contributed by atoms with Crippen molar-refractivity contribution in [2.24, 2.45) is 24.8 Å². The van der Waals surface area contributed by atoms with Crippen LogP contribution in [0.5, 0.6) is 0 Å². The lowest BCUT2D eigenvalue weighted by molar-refractivity contribution is -0.142. The van der Waals surface area contributed by atoms with Gasteiger partial charge in [0.25, 0.3) is 0 Å². The first kappa shape index (κ1) is 24.7. The second kappa shape index (κ2) is 10.8. The molecule has 0 aliphatic heterocycles. The lowest BCUT2D eigenvalue weighted by Gasteiger charge is -2.30. The fourth-order valence-electron chi connectivity index (χ4n) is 4.37. The van der Waals surface area contributed by atoms with Crippen LogP contribution in [0.15, 0.2) is 41.0 Å². The van der Waals surface area contributed by atoms with Crippen molar-refractivity contribution >= 4 is 22.7 Å². The minimum absolute atomic E-state index is 0.0105. The van der Waals surface area contributed by atoms with E-state index in [1.165, 1.54) is 0 Å².